The molecule has 0 aliphatic rings. The van der Waals surface area contributed by atoms with Gasteiger partial charge in [-0.2, -0.15) is 0 Å². The van der Waals surface area contributed by atoms with Gasteiger partial charge in [0.1, 0.15) is 0 Å². The summed E-state index contributed by atoms with van der Waals surface area (Å²) in [5.74, 6) is 0. The van der Waals surface area contributed by atoms with Gasteiger partial charge >= 0.3 is 0 Å². The van der Waals surface area contributed by atoms with Gasteiger partial charge in [-0.3, -0.25) is 0 Å². The number of nitrogens with one attached hydrogen (secondary N) is 1. The normalized spacial score (nSPS) is 12.8. The van der Waals surface area contributed by atoms with E-state index in [9.17, 15) is 0 Å². The van der Waals surface area contributed by atoms with E-state index in [4.69, 9.17) is 4.74 Å². The number of rotatable bonds is 10. The highest BCUT2D eigenvalue weighted by Gasteiger charge is 2.12. The van der Waals surface area contributed by atoms with Gasteiger partial charge in [0.25, 0.3) is 0 Å². The molecule has 0 saturated heterocycles. The predicted octanol–water partition coefficient (Wildman–Crippen LogP) is 3.00. The predicted molar refractivity (Wildman–Crippen MR) is 86.2 cm³/mol. The lowest BCUT2D eigenvalue weighted by atomic mass is 10.0. The Labute approximate surface area is 124 Å². The highest BCUT2D eigenvalue weighted by Crippen LogP contribution is 2.15. The minimum atomic E-state index is 0.406. The lowest BCUT2D eigenvalue weighted by molar-refractivity contribution is 0.176. The molecule has 0 bridgehead atoms. The van der Waals surface area contributed by atoms with E-state index in [0.29, 0.717) is 6.04 Å². The third-order valence-corrected chi connectivity index (χ3v) is 3.50. The fraction of sp³-hybridized carbons (Fsp3) is 0.647. The molecule has 20 heavy (non-hydrogen) atoms. The van der Waals surface area contributed by atoms with Crippen LogP contribution in [0.2, 0.25) is 0 Å². The minimum Gasteiger partial charge on any atom is -0.385 e. The Hall–Kier alpha value is -0.900. The molecule has 3 heteroatoms. The summed E-state index contributed by atoms with van der Waals surface area (Å²) in [6.45, 7) is 8.35. The van der Waals surface area contributed by atoms with Gasteiger partial charge in [0.15, 0.2) is 0 Å². The Bertz CT molecular complexity index is 351. The van der Waals surface area contributed by atoms with Crippen molar-refractivity contribution in [1.29, 1.82) is 0 Å². The van der Waals surface area contributed by atoms with Crippen LogP contribution in [0.15, 0.2) is 24.3 Å². The molecule has 1 aromatic carbocycles. The molecule has 0 amide bonds. The van der Waals surface area contributed by atoms with Crippen molar-refractivity contribution >= 4 is 0 Å². The van der Waals surface area contributed by atoms with Crippen molar-refractivity contribution in [3.05, 3.63) is 35.4 Å². The molecule has 3 nitrogen and oxygen atoms in total. The van der Waals surface area contributed by atoms with E-state index in [2.05, 4.69) is 55.4 Å². The van der Waals surface area contributed by atoms with Crippen molar-refractivity contribution < 1.29 is 4.74 Å². The quantitative estimate of drug-likeness (QED) is 0.666. The first kappa shape index (κ1) is 17.2. The summed E-state index contributed by atoms with van der Waals surface area (Å²) in [7, 11) is 3.95. The molecule has 0 aromatic heterocycles. The molecule has 0 radical (unpaired) electrons. The zero-order valence-corrected chi connectivity index (χ0v) is 13.5. The molecule has 0 spiro atoms. The van der Waals surface area contributed by atoms with Crippen LogP contribution in [0.4, 0.5) is 0 Å². The topological polar surface area (TPSA) is 24.5 Å². The number of likely N-dealkylation sites (N-methyl/N-ethyl adjacent to an activating group) is 1. The number of hydrogen-bond donors (Lipinski definition) is 1. The van der Waals surface area contributed by atoms with Gasteiger partial charge < -0.3 is 15.0 Å². The van der Waals surface area contributed by atoms with Crippen LogP contribution in [0.5, 0.6) is 0 Å². The van der Waals surface area contributed by atoms with Gasteiger partial charge in [-0.1, -0.05) is 36.8 Å². The largest absolute Gasteiger partial charge is 0.385 e. The maximum absolute atomic E-state index is 5.12. The van der Waals surface area contributed by atoms with Gasteiger partial charge in [-0.15, -0.1) is 0 Å². The fourth-order valence-electron chi connectivity index (χ4n) is 2.29. The average molecular weight is 278 g/mol. The lowest BCUT2D eigenvalue weighted by Crippen LogP contribution is -2.34. The lowest BCUT2D eigenvalue weighted by Gasteiger charge is -2.25. The fourth-order valence-corrected chi connectivity index (χ4v) is 2.29. The first-order valence-corrected chi connectivity index (χ1v) is 7.64. The van der Waals surface area contributed by atoms with Crippen molar-refractivity contribution in [2.45, 2.75) is 32.7 Å². The van der Waals surface area contributed by atoms with E-state index in [0.717, 1.165) is 39.1 Å². The zero-order valence-electron chi connectivity index (χ0n) is 13.5. The number of methoxy groups -OCH3 is 1. The second-order valence-electron chi connectivity index (χ2n) is 5.53. The maximum atomic E-state index is 5.12. The molecular formula is C17H30N2O. The van der Waals surface area contributed by atoms with E-state index in [-0.39, 0.29) is 0 Å². The van der Waals surface area contributed by atoms with Crippen LogP contribution >= 0.6 is 0 Å². The van der Waals surface area contributed by atoms with E-state index in [1.807, 2.05) is 0 Å². The first-order valence-electron chi connectivity index (χ1n) is 7.64. The van der Waals surface area contributed by atoms with Crippen LogP contribution < -0.4 is 5.32 Å². The summed E-state index contributed by atoms with van der Waals surface area (Å²) in [5, 5.41) is 3.65. The second-order valence-corrected chi connectivity index (χ2v) is 5.53. The summed E-state index contributed by atoms with van der Waals surface area (Å²) in [4.78, 5) is 2.38. The second kappa shape index (κ2) is 9.92. The number of ether oxygens (including phenoxy) is 1. The van der Waals surface area contributed by atoms with E-state index < -0.39 is 0 Å². The van der Waals surface area contributed by atoms with Gasteiger partial charge in [0, 0.05) is 32.8 Å². The van der Waals surface area contributed by atoms with Gasteiger partial charge in [-0.25, -0.2) is 0 Å². The van der Waals surface area contributed by atoms with E-state index in [1.54, 1.807) is 7.11 Å². The monoisotopic (exact) mass is 278 g/mol. The molecule has 1 N–H and O–H groups in total. The van der Waals surface area contributed by atoms with Gasteiger partial charge in [0.2, 0.25) is 0 Å². The molecule has 1 unspecified atom stereocenters. The van der Waals surface area contributed by atoms with Crippen LogP contribution in [-0.2, 0) is 4.74 Å². The molecule has 1 aromatic rings. The van der Waals surface area contributed by atoms with E-state index >= 15 is 0 Å². The number of aryl methyl sites for hydroxylation is 1. The van der Waals surface area contributed by atoms with Crippen molar-refractivity contribution in [1.82, 2.24) is 10.2 Å². The van der Waals surface area contributed by atoms with Crippen LogP contribution in [0.25, 0.3) is 0 Å². The number of hydrogen-bond acceptors (Lipinski definition) is 3. The van der Waals surface area contributed by atoms with Gasteiger partial charge in [0.05, 0.1) is 0 Å². The molecule has 0 aliphatic carbocycles. The minimum absolute atomic E-state index is 0.406. The Balaban J connectivity index is 2.57. The molecular weight excluding hydrogens is 248 g/mol. The summed E-state index contributed by atoms with van der Waals surface area (Å²) in [6.07, 6.45) is 2.25. The van der Waals surface area contributed by atoms with Crippen LogP contribution in [0.1, 0.15) is 36.9 Å². The van der Waals surface area contributed by atoms with Crippen LogP contribution in [0.3, 0.4) is 0 Å². The third-order valence-electron chi connectivity index (χ3n) is 3.50. The Morgan fingerprint density at radius 2 is 1.95 bits per heavy atom. The van der Waals surface area contributed by atoms with Crippen LogP contribution in [-0.4, -0.2) is 45.3 Å². The number of nitrogens with zero attached hydrogens (tertiary/aromatic N) is 1. The summed E-state index contributed by atoms with van der Waals surface area (Å²) < 4.78 is 5.12. The van der Waals surface area contributed by atoms with Crippen molar-refractivity contribution in [2.24, 2.45) is 0 Å². The first-order chi connectivity index (χ1) is 9.67. The molecule has 0 aliphatic heterocycles. The van der Waals surface area contributed by atoms with Crippen molar-refractivity contribution in [3.63, 3.8) is 0 Å². The Morgan fingerprint density at radius 3 is 2.55 bits per heavy atom. The SMILES string of the molecule is CCCNC(CN(C)CCCOC)c1ccc(C)cc1. The zero-order chi connectivity index (χ0) is 14.8. The Kier molecular flexibility index (Phi) is 8.51. The molecule has 1 atom stereocenters. The van der Waals surface area contributed by atoms with Crippen molar-refractivity contribution in [2.75, 3.05) is 40.4 Å². The standard InChI is InChI=1S/C17H30N2O/c1-5-11-18-17(14-19(3)12-6-13-20-4)16-9-7-15(2)8-10-16/h7-10,17-18H,5-6,11-14H2,1-4H3. The average Bonchev–Trinajstić information content (AvgIpc) is 2.44. The molecule has 0 saturated carbocycles. The van der Waals surface area contributed by atoms with E-state index in [1.165, 1.54) is 11.1 Å². The highest BCUT2D eigenvalue weighted by molar-refractivity contribution is 5.24. The molecule has 0 fully saturated rings. The number of benzene rings is 1. The molecule has 1 rings (SSSR count). The summed E-state index contributed by atoms with van der Waals surface area (Å²) in [6, 6.07) is 9.28. The van der Waals surface area contributed by atoms with Crippen LogP contribution in [0, 0.1) is 6.92 Å². The molecule has 0 heterocycles. The smallest absolute Gasteiger partial charge is 0.0474 e. The summed E-state index contributed by atoms with van der Waals surface area (Å²) in [5.41, 5.74) is 2.69. The summed E-state index contributed by atoms with van der Waals surface area (Å²) >= 11 is 0. The molecule has 114 valence electrons. The van der Waals surface area contributed by atoms with Crippen molar-refractivity contribution in [3.8, 4) is 0 Å². The Morgan fingerprint density at radius 1 is 1.25 bits per heavy atom. The third kappa shape index (κ3) is 6.51. The maximum Gasteiger partial charge on any atom is 0.0474 e. The highest BCUT2D eigenvalue weighted by atomic mass is 16.5. The van der Waals surface area contributed by atoms with Gasteiger partial charge in [-0.05, 0) is 38.9 Å².